The highest BCUT2D eigenvalue weighted by molar-refractivity contribution is 7.09. The van der Waals surface area contributed by atoms with E-state index in [1.54, 1.807) is 23.5 Å². The van der Waals surface area contributed by atoms with Crippen LogP contribution in [0.5, 0.6) is 0 Å². The first-order chi connectivity index (χ1) is 8.18. The summed E-state index contributed by atoms with van der Waals surface area (Å²) in [5, 5.41) is 11.1. The Morgan fingerprint density at radius 3 is 2.94 bits per heavy atom. The zero-order valence-electron chi connectivity index (χ0n) is 9.33. The van der Waals surface area contributed by atoms with Gasteiger partial charge in [-0.2, -0.15) is 0 Å². The van der Waals surface area contributed by atoms with Gasteiger partial charge < -0.3 is 10.0 Å². The topological polar surface area (TPSA) is 53.4 Å². The van der Waals surface area contributed by atoms with E-state index in [9.17, 15) is 4.79 Å². The summed E-state index contributed by atoms with van der Waals surface area (Å²) < 4.78 is 0. The van der Waals surface area contributed by atoms with E-state index < -0.39 is 5.97 Å². The van der Waals surface area contributed by atoms with Gasteiger partial charge >= 0.3 is 5.97 Å². The van der Waals surface area contributed by atoms with Crippen LogP contribution in [0, 0.1) is 0 Å². The second-order valence-corrected chi connectivity index (χ2v) is 4.64. The Kier molecular flexibility index (Phi) is 3.39. The maximum absolute atomic E-state index is 11.0. The summed E-state index contributed by atoms with van der Waals surface area (Å²) in [5.74, 6) is -1.00. The molecule has 0 aromatic carbocycles. The number of aromatic carboxylic acids is 1. The van der Waals surface area contributed by atoms with Crippen LogP contribution in [0.3, 0.4) is 0 Å². The molecule has 0 radical (unpaired) electrons. The van der Waals surface area contributed by atoms with Crippen LogP contribution in [-0.2, 0) is 6.54 Å². The van der Waals surface area contributed by atoms with Gasteiger partial charge in [0.25, 0.3) is 0 Å². The first kappa shape index (κ1) is 11.6. The molecule has 2 aromatic rings. The zero-order valence-corrected chi connectivity index (χ0v) is 10.1. The molecule has 0 amide bonds. The largest absolute Gasteiger partial charge is 0.476 e. The Hall–Kier alpha value is -1.88. The summed E-state index contributed by atoms with van der Waals surface area (Å²) in [4.78, 5) is 18.0. The fourth-order valence-electron chi connectivity index (χ4n) is 1.59. The molecule has 0 spiro atoms. The highest BCUT2D eigenvalue weighted by Crippen LogP contribution is 2.20. The van der Waals surface area contributed by atoms with Crippen molar-refractivity contribution in [1.29, 1.82) is 0 Å². The summed E-state index contributed by atoms with van der Waals surface area (Å²) >= 11 is 1.65. The van der Waals surface area contributed by atoms with E-state index in [4.69, 9.17) is 5.11 Å². The lowest BCUT2D eigenvalue weighted by atomic mass is 10.2. The molecule has 17 heavy (non-hydrogen) atoms. The minimum Gasteiger partial charge on any atom is -0.476 e. The molecule has 0 aliphatic rings. The minimum atomic E-state index is -1.00. The van der Waals surface area contributed by atoms with Gasteiger partial charge in [-0.3, -0.25) is 0 Å². The molecule has 2 rings (SSSR count). The van der Waals surface area contributed by atoms with Crippen molar-refractivity contribution in [3.8, 4) is 0 Å². The third-order valence-corrected chi connectivity index (χ3v) is 3.23. The molecule has 88 valence electrons. The van der Waals surface area contributed by atoms with Crippen LogP contribution in [0.25, 0.3) is 0 Å². The predicted molar refractivity (Wildman–Crippen MR) is 67.6 cm³/mol. The molecule has 0 atom stereocenters. The molecule has 0 bridgehead atoms. The Balaban J connectivity index is 2.24. The van der Waals surface area contributed by atoms with E-state index in [0.717, 1.165) is 0 Å². The number of thiophene rings is 1. The average Bonchev–Trinajstić information content (AvgIpc) is 2.81. The maximum atomic E-state index is 11.0. The third-order valence-electron chi connectivity index (χ3n) is 2.37. The lowest BCUT2D eigenvalue weighted by Gasteiger charge is -2.19. The van der Waals surface area contributed by atoms with Crippen molar-refractivity contribution in [1.82, 2.24) is 4.98 Å². The van der Waals surface area contributed by atoms with Crippen molar-refractivity contribution in [3.05, 3.63) is 46.4 Å². The molecule has 1 N–H and O–H groups in total. The van der Waals surface area contributed by atoms with Crippen LogP contribution in [0.2, 0.25) is 0 Å². The molecule has 2 aromatic heterocycles. The second kappa shape index (κ2) is 4.97. The van der Waals surface area contributed by atoms with Crippen LogP contribution < -0.4 is 4.90 Å². The van der Waals surface area contributed by atoms with Gasteiger partial charge in [0.1, 0.15) is 0 Å². The van der Waals surface area contributed by atoms with E-state index in [-0.39, 0.29) is 5.69 Å². The number of hydrogen-bond acceptors (Lipinski definition) is 4. The number of hydrogen-bond donors (Lipinski definition) is 1. The molecule has 0 aliphatic carbocycles. The van der Waals surface area contributed by atoms with E-state index in [2.05, 4.69) is 4.98 Å². The molecule has 0 aliphatic heterocycles. The van der Waals surface area contributed by atoms with Gasteiger partial charge in [-0.25, -0.2) is 9.78 Å². The fourth-order valence-corrected chi connectivity index (χ4v) is 2.35. The number of carbonyl (C=O) groups is 1. The summed E-state index contributed by atoms with van der Waals surface area (Å²) in [6, 6.07) is 7.52. The molecule has 5 heteroatoms. The molecule has 0 saturated heterocycles. The van der Waals surface area contributed by atoms with Gasteiger partial charge in [0.2, 0.25) is 0 Å². The number of nitrogens with zero attached hydrogens (tertiary/aromatic N) is 2. The first-order valence-corrected chi connectivity index (χ1v) is 5.98. The van der Waals surface area contributed by atoms with Gasteiger partial charge in [-0.1, -0.05) is 6.07 Å². The number of carboxylic acids is 1. The van der Waals surface area contributed by atoms with Gasteiger partial charge in [0.05, 0.1) is 12.2 Å². The Bertz CT molecular complexity index is 511. The van der Waals surface area contributed by atoms with Crippen LogP contribution in [0.1, 0.15) is 15.4 Å². The van der Waals surface area contributed by atoms with Crippen LogP contribution >= 0.6 is 11.3 Å². The minimum absolute atomic E-state index is 0.0894. The number of pyridine rings is 1. The summed E-state index contributed by atoms with van der Waals surface area (Å²) in [6.07, 6.45) is 1.49. The monoisotopic (exact) mass is 248 g/mol. The average molecular weight is 248 g/mol. The lowest BCUT2D eigenvalue weighted by molar-refractivity contribution is 0.0691. The second-order valence-electron chi connectivity index (χ2n) is 3.61. The van der Waals surface area contributed by atoms with Gasteiger partial charge in [0, 0.05) is 18.1 Å². The highest BCUT2D eigenvalue weighted by atomic mass is 32.1. The van der Waals surface area contributed by atoms with E-state index in [1.807, 2.05) is 29.5 Å². The number of rotatable bonds is 4. The zero-order chi connectivity index (χ0) is 12.3. The Morgan fingerprint density at radius 1 is 1.47 bits per heavy atom. The molecule has 4 nitrogen and oxygen atoms in total. The molecule has 0 unspecified atom stereocenters. The molecule has 0 fully saturated rings. The van der Waals surface area contributed by atoms with Gasteiger partial charge in [0.15, 0.2) is 5.69 Å². The van der Waals surface area contributed by atoms with E-state index >= 15 is 0 Å². The molecular formula is C12H12N2O2S. The third kappa shape index (κ3) is 2.62. The first-order valence-electron chi connectivity index (χ1n) is 5.10. The van der Waals surface area contributed by atoms with E-state index in [1.165, 1.54) is 11.1 Å². The molecule has 2 heterocycles. The molecular weight excluding hydrogens is 236 g/mol. The standard InChI is InChI=1S/C12H12N2O2S/c1-14(8-9-4-3-7-17-9)10-5-2-6-13-11(10)12(15)16/h2-7H,8H2,1H3,(H,15,16). The van der Waals surface area contributed by atoms with Crippen LogP contribution in [-0.4, -0.2) is 23.1 Å². The van der Waals surface area contributed by atoms with Gasteiger partial charge in [-0.05, 0) is 23.6 Å². The summed E-state index contributed by atoms with van der Waals surface area (Å²) in [6.45, 7) is 0.684. The lowest BCUT2D eigenvalue weighted by Crippen LogP contribution is -2.19. The molecule has 0 saturated carbocycles. The van der Waals surface area contributed by atoms with Crippen molar-refractivity contribution < 1.29 is 9.90 Å². The Labute approximate surface area is 103 Å². The Morgan fingerprint density at radius 2 is 2.29 bits per heavy atom. The van der Waals surface area contributed by atoms with Crippen molar-refractivity contribution >= 4 is 23.0 Å². The number of carboxylic acid groups (broad SMARTS) is 1. The number of anilines is 1. The SMILES string of the molecule is CN(Cc1cccs1)c1cccnc1C(=O)O. The highest BCUT2D eigenvalue weighted by Gasteiger charge is 2.14. The number of aromatic nitrogens is 1. The smallest absolute Gasteiger partial charge is 0.356 e. The van der Waals surface area contributed by atoms with Crippen molar-refractivity contribution in [2.45, 2.75) is 6.54 Å². The van der Waals surface area contributed by atoms with E-state index in [0.29, 0.717) is 12.2 Å². The van der Waals surface area contributed by atoms with Gasteiger partial charge in [-0.15, -0.1) is 11.3 Å². The predicted octanol–water partition coefficient (Wildman–Crippen LogP) is 2.48. The normalized spacial score (nSPS) is 10.2. The van der Waals surface area contributed by atoms with Crippen molar-refractivity contribution in [2.24, 2.45) is 0 Å². The summed E-state index contributed by atoms with van der Waals surface area (Å²) in [5.41, 5.74) is 0.722. The van der Waals surface area contributed by atoms with Crippen molar-refractivity contribution in [2.75, 3.05) is 11.9 Å². The van der Waals surface area contributed by atoms with Crippen LogP contribution in [0.15, 0.2) is 35.8 Å². The summed E-state index contributed by atoms with van der Waals surface area (Å²) in [7, 11) is 1.86. The fraction of sp³-hybridized carbons (Fsp3) is 0.167. The van der Waals surface area contributed by atoms with Crippen molar-refractivity contribution in [3.63, 3.8) is 0 Å². The maximum Gasteiger partial charge on any atom is 0.356 e. The quantitative estimate of drug-likeness (QED) is 0.903. The van der Waals surface area contributed by atoms with Crippen LogP contribution in [0.4, 0.5) is 5.69 Å².